The Kier molecular flexibility index (Phi) is 4.27. The third-order valence-electron chi connectivity index (χ3n) is 2.82. The van der Waals surface area contributed by atoms with Crippen LogP contribution < -0.4 is 5.32 Å². The van der Waals surface area contributed by atoms with E-state index in [-0.39, 0.29) is 12.3 Å². The molecule has 8 heteroatoms. The summed E-state index contributed by atoms with van der Waals surface area (Å²) in [6.45, 7) is 3.62. The van der Waals surface area contributed by atoms with E-state index in [0.717, 1.165) is 0 Å². The molecule has 0 spiro atoms. The Labute approximate surface area is 120 Å². The molecule has 0 bridgehead atoms. The molecule has 21 heavy (non-hydrogen) atoms. The average molecular weight is 290 g/mol. The summed E-state index contributed by atoms with van der Waals surface area (Å²) in [7, 11) is 0. The number of carbonyl (C=O) groups is 1. The lowest BCUT2D eigenvalue weighted by atomic mass is 10.2. The summed E-state index contributed by atoms with van der Waals surface area (Å²) in [6.07, 6.45) is 1.33. The van der Waals surface area contributed by atoms with Gasteiger partial charge in [-0.2, -0.15) is 0 Å². The number of esters is 1. The summed E-state index contributed by atoms with van der Waals surface area (Å²) < 4.78 is 4.90. The van der Waals surface area contributed by atoms with Crippen LogP contribution in [0.15, 0.2) is 24.5 Å². The van der Waals surface area contributed by atoms with E-state index in [2.05, 4.69) is 15.3 Å². The van der Waals surface area contributed by atoms with Crippen LogP contribution >= 0.6 is 0 Å². The minimum absolute atomic E-state index is 0.0656. The van der Waals surface area contributed by atoms with Gasteiger partial charge in [0.15, 0.2) is 0 Å². The third kappa shape index (κ3) is 3.22. The SMILES string of the molecule is CCOC(=O)C(C)Nc1ncnc2ccc([N+](=O)[O-])cc12. The highest BCUT2D eigenvalue weighted by molar-refractivity contribution is 5.92. The summed E-state index contributed by atoms with van der Waals surface area (Å²) in [5, 5.41) is 14.2. The molecule has 2 rings (SSSR count). The third-order valence-corrected chi connectivity index (χ3v) is 2.82. The van der Waals surface area contributed by atoms with Crippen molar-refractivity contribution >= 4 is 28.4 Å². The largest absolute Gasteiger partial charge is 0.464 e. The van der Waals surface area contributed by atoms with Crippen LogP contribution in [0.25, 0.3) is 10.9 Å². The highest BCUT2D eigenvalue weighted by atomic mass is 16.6. The first-order chi connectivity index (χ1) is 10.0. The number of nitro groups is 1. The van der Waals surface area contributed by atoms with Gasteiger partial charge < -0.3 is 10.1 Å². The molecule has 0 aliphatic rings. The summed E-state index contributed by atoms with van der Waals surface area (Å²) in [5.41, 5.74) is 0.485. The molecule has 0 amide bonds. The molecule has 0 saturated carbocycles. The van der Waals surface area contributed by atoms with Crippen LogP contribution in [0.3, 0.4) is 0 Å². The molecule has 1 aromatic carbocycles. The molecule has 1 heterocycles. The Morgan fingerprint density at radius 1 is 1.48 bits per heavy atom. The molecule has 2 aromatic rings. The van der Waals surface area contributed by atoms with Crippen molar-refractivity contribution in [3.8, 4) is 0 Å². The normalized spacial score (nSPS) is 11.9. The number of hydrogen-bond acceptors (Lipinski definition) is 7. The van der Waals surface area contributed by atoms with Crippen molar-refractivity contribution in [3.63, 3.8) is 0 Å². The highest BCUT2D eigenvalue weighted by Gasteiger charge is 2.17. The summed E-state index contributed by atoms with van der Waals surface area (Å²) in [6, 6.07) is 3.65. The van der Waals surface area contributed by atoms with Crippen LogP contribution in [-0.4, -0.2) is 33.5 Å². The number of rotatable bonds is 5. The van der Waals surface area contributed by atoms with Gasteiger partial charge in [0, 0.05) is 17.5 Å². The Morgan fingerprint density at radius 2 is 2.24 bits per heavy atom. The summed E-state index contributed by atoms with van der Waals surface area (Å²) in [5.74, 6) is -0.0704. The molecule has 1 N–H and O–H groups in total. The number of nitro benzene ring substituents is 1. The van der Waals surface area contributed by atoms with E-state index >= 15 is 0 Å². The van der Waals surface area contributed by atoms with Crippen molar-refractivity contribution in [3.05, 3.63) is 34.6 Å². The summed E-state index contributed by atoms with van der Waals surface area (Å²) in [4.78, 5) is 30.0. The molecule has 1 atom stereocenters. The Balaban J connectivity index is 2.37. The molecule has 1 aromatic heterocycles. The predicted molar refractivity (Wildman–Crippen MR) is 75.9 cm³/mol. The minimum Gasteiger partial charge on any atom is -0.464 e. The van der Waals surface area contributed by atoms with Gasteiger partial charge in [0.25, 0.3) is 5.69 Å². The first-order valence-corrected chi connectivity index (χ1v) is 6.35. The number of nitrogens with one attached hydrogen (secondary N) is 1. The smallest absolute Gasteiger partial charge is 0.328 e. The average Bonchev–Trinajstić information content (AvgIpc) is 2.47. The van der Waals surface area contributed by atoms with Crippen molar-refractivity contribution in [2.24, 2.45) is 0 Å². The number of benzene rings is 1. The number of carbonyl (C=O) groups excluding carboxylic acids is 1. The van der Waals surface area contributed by atoms with Crippen molar-refractivity contribution in [2.75, 3.05) is 11.9 Å². The topological polar surface area (TPSA) is 107 Å². The number of nitrogens with zero attached hydrogens (tertiary/aromatic N) is 3. The van der Waals surface area contributed by atoms with Crippen LogP contribution in [-0.2, 0) is 9.53 Å². The second kappa shape index (κ2) is 6.12. The molecular weight excluding hydrogens is 276 g/mol. The van der Waals surface area contributed by atoms with E-state index in [1.54, 1.807) is 13.8 Å². The van der Waals surface area contributed by atoms with Gasteiger partial charge in [0.05, 0.1) is 17.0 Å². The van der Waals surface area contributed by atoms with E-state index in [9.17, 15) is 14.9 Å². The maximum Gasteiger partial charge on any atom is 0.328 e. The van der Waals surface area contributed by atoms with Gasteiger partial charge in [-0.05, 0) is 19.9 Å². The number of fused-ring (bicyclic) bond motifs is 1. The van der Waals surface area contributed by atoms with Crippen molar-refractivity contribution < 1.29 is 14.5 Å². The van der Waals surface area contributed by atoms with Gasteiger partial charge >= 0.3 is 5.97 Å². The molecule has 0 radical (unpaired) electrons. The van der Waals surface area contributed by atoms with Crippen LogP contribution in [0.2, 0.25) is 0 Å². The zero-order valence-corrected chi connectivity index (χ0v) is 11.6. The Morgan fingerprint density at radius 3 is 2.90 bits per heavy atom. The van der Waals surface area contributed by atoms with Crippen LogP contribution in [0.1, 0.15) is 13.8 Å². The quantitative estimate of drug-likeness (QED) is 0.509. The minimum atomic E-state index is -0.623. The highest BCUT2D eigenvalue weighted by Crippen LogP contribution is 2.24. The van der Waals surface area contributed by atoms with Crippen LogP contribution in [0.5, 0.6) is 0 Å². The van der Waals surface area contributed by atoms with Crippen molar-refractivity contribution in [1.82, 2.24) is 9.97 Å². The zero-order valence-electron chi connectivity index (χ0n) is 11.6. The lowest BCUT2D eigenvalue weighted by molar-refractivity contribution is -0.384. The van der Waals surface area contributed by atoms with Crippen molar-refractivity contribution in [2.45, 2.75) is 19.9 Å². The van der Waals surface area contributed by atoms with Crippen molar-refractivity contribution in [1.29, 1.82) is 0 Å². The van der Waals surface area contributed by atoms with Gasteiger partial charge in [0.1, 0.15) is 18.2 Å². The fourth-order valence-corrected chi connectivity index (χ4v) is 1.80. The Bertz CT molecular complexity index is 689. The van der Waals surface area contributed by atoms with Gasteiger partial charge in [-0.1, -0.05) is 0 Å². The molecule has 0 fully saturated rings. The molecular formula is C13H14N4O4. The number of ether oxygens (including phenoxy) is 1. The number of aromatic nitrogens is 2. The Hall–Kier alpha value is -2.77. The molecule has 0 aliphatic carbocycles. The van der Waals surface area contributed by atoms with Gasteiger partial charge in [-0.25, -0.2) is 14.8 Å². The molecule has 1 unspecified atom stereocenters. The number of anilines is 1. The van der Waals surface area contributed by atoms with E-state index in [4.69, 9.17) is 4.74 Å². The van der Waals surface area contributed by atoms with Gasteiger partial charge in [-0.15, -0.1) is 0 Å². The molecule has 8 nitrogen and oxygen atoms in total. The first kappa shape index (κ1) is 14.6. The lowest BCUT2D eigenvalue weighted by Crippen LogP contribution is -2.28. The van der Waals surface area contributed by atoms with Gasteiger partial charge in [-0.3, -0.25) is 10.1 Å². The molecule has 0 aliphatic heterocycles. The van der Waals surface area contributed by atoms with E-state index in [0.29, 0.717) is 16.7 Å². The second-order valence-corrected chi connectivity index (χ2v) is 4.30. The number of non-ortho nitro benzene ring substituents is 1. The maximum atomic E-state index is 11.6. The maximum absolute atomic E-state index is 11.6. The first-order valence-electron chi connectivity index (χ1n) is 6.35. The second-order valence-electron chi connectivity index (χ2n) is 4.30. The molecule has 110 valence electrons. The van der Waals surface area contributed by atoms with E-state index in [1.807, 2.05) is 0 Å². The standard InChI is InChI=1S/C13H14N4O4/c1-3-21-13(18)8(2)16-12-10-6-9(17(19)20)4-5-11(10)14-7-15-12/h4-8H,3H2,1-2H3,(H,14,15,16). The fraction of sp³-hybridized carbons (Fsp3) is 0.308. The molecule has 0 saturated heterocycles. The monoisotopic (exact) mass is 290 g/mol. The fourth-order valence-electron chi connectivity index (χ4n) is 1.80. The van der Waals surface area contributed by atoms with Crippen LogP contribution in [0.4, 0.5) is 11.5 Å². The van der Waals surface area contributed by atoms with Gasteiger partial charge in [0.2, 0.25) is 0 Å². The van der Waals surface area contributed by atoms with E-state index in [1.165, 1.54) is 24.5 Å². The zero-order chi connectivity index (χ0) is 15.4. The predicted octanol–water partition coefficient (Wildman–Crippen LogP) is 1.90. The summed E-state index contributed by atoms with van der Waals surface area (Å²) >= 11 is 0. The van der Waals surface area contributed by atoms with E-state index < -0.39 is 16.9 Å². The lowest BCUT2D eigenvalue weighted by Gasteiger charge is -2.14. The number of hydrogen-bond donors (Lipinski definition) is 1. The van der Waals surface area contributed by atoms with Crippen LogP contribution in [0, 0.1) is 10.1 Å².